The number of nitro benzene ring substituents is 1. The summed E-state index contributed by atoms with van der Waals surface area (Å²) in [5.74, 6) is 0.0523. The van der Waals surface area contributed by atoms with Crippen LogP contribution in [0, 0.1) is 10.1 Å². The van der Waals surface area contributed by atoms with Crippen molar-refractivity contribution in [3.05, 3.63) is 83.0 Å². The molecule has 0 saturated heterocycles. The van der Waals surface area contributed by atoms with Gasteiger partial charge < -0.3 is 10.2 Å². The Morgan fingerprint density at radius 1 is 0.893 bits per heavy atom. The highest BCUT2D eigenvalue weighted by atomic mass is 16.6. The molecule has 2 heterocycles. The summed E-state index contributed by atoms with van der Waals surface area (Å²) in [5.41, 5.74) is 2.26. The van der Waals surface area contributed by atoms with Crippen molar-refractivity contribution in [3.8, 4) is 39.8 Å². The molecular formula is C20H14N4O4. The fourth-order valence-corrected chi connectivity index (χ4v) is 2.84. The summed E-state index contributed by atoms with van der Waals surface area (Å²) < 4.78 is 1.58. The molecule has 0 aliphatic heterocycles. The van der Waals surface area contributed by atoms with E-state index in [4.69, 9.17) is 0 Å². The monoisotopic (exact) mass is 374 g/mol. The van der Waals surface area contributed by atoms with Gasteiger partial charge >= 0.3 is 0 Å². The minimum Gasteiger partial charge on any atom is -0.504 e. The number of non-ortho nitro benzene ring substituents is 1. The van der Waals surface area contributed by atoms with Crippen LogP contribution in [0.1, 0.15) is 0 Å². The summed E-state index contributed by atoms with van der Waals surface area (Å²) in [7, 11) is 0. The third-order valence-corrected chi connectivity index (χ3v) is 4.20. The van der Waals surface area contributed by atoms with E-state index in [-0.39, 0.29) is 17.2 Å². The number of phenols is 2. The molecule has 8 nitrogen and oxygen atoms in total. The van der Waals surface area contributed by atoms with Gasteiger partial charge in [-0.3, -0.25) is 10.1 Å². The van der Waals surface area contributed by atoms with Crippen molar-refractivity contribution in [1.82, 2.24) is 14.8 Å². The maximum absolute atomic E-state index is 11.1. The standard InChI is InChI=1S/C20H14N4O4/c25-18-8-7-14(11-19(18)26)17-12-16(13-4-3-5-15(10-13)24(27)28)22-23(17)20-6-1-2-9-21-20/h1-12,25-26H. The van der Waals surface area contributed by atoms with Crippen molar-refractivity contribution >= 4 is 5.69 Å². The Kier molecular flexibility index (Phi) is 4.21. The predicted octanol–water partition coefficient (Wildman–Crippen LogP) is 3.92. The number of nitro groups is 1. The first-order valence-electron chi connectivity index (χ1n) is 8.31. The molecule has 8 heteroatoms. The number of aromatic hydroxyl groups is 2. The predicted molar refractivity (Wildman–Crippen MR) is 102 cm³/mol. The van der Waals surface area contributed by atoms with Gasteiger partial charge in [-0.15, -0.1) is 0 Å². The molecule has 2 aromatic heterocycles. The van der Waals surface area contributed by atoms with Crippen LogP contribution < -0.4 is 0 Å². The lowest BCUT2D eigenvalue weighted by atomic mass is 10.1. The van der Waals surface area contributed by atoms with Gasteiger partial charge in [-0.2, -0.15) is 5.10 Å². The van der Waals surface area contributed by atoms with Gasteiger partial charge in [0, 0.05) is 29.5 Å². The van der Waals surface area contributed by atoms with Gasteiger partial charge in [0.25, 0.3) is 5.69 Å². The minimum atomic E-state index is -0.460. The largest absolute Gasteiger partial charge is 0.504 e. The topological polar surface area (TPSA) is 114 Å². The molecule has 4 aromatic rings. The van der Waals surface area contributed by atoms with Crippen molar-refractivity contribution in [3.63, 3.8) is 0 Å². The SMILES string of the molecule is O=[N+]([O-])c1cccc(-c2cc(-c3ccc(O)c(O)c3)n(-c3ccccn3)n2)c1. The van der Waals surface area contributed by atoms with Crippen LogP contribution in [0.2, 0.25) is 0 Å². The fourth-order valence-electron chi connectivity index (χ4n) is 2.84. The van der Waals surface area contributed by atoms with E-state index in [9.17, 15) is 20.3 Å². The van der Waals surface area contributed by atoms with Crippen molar-refractivity contribution in [2.24, 2.45) is 0 Å². The average Bonchev–Trinajstić information content (AvgIpc) is 3.16. The molecule has 0 atom stereocenters. The third-order valence-electron chi connectivity index (χ3n) is 4.20. The van der Waals surface area contributed by atoms with E-state index in [2.05, 4.69) is 10.1 Å². The zero-order chi connectivity index (χ0) is 19.7. The smallest absolute Gasteiger partial charge is 0.270 e. The lowest BCUT2D eigenvalue weighted by molar-refractivity contribution is -0.384. The normalized spacial score (nSPS) is 10.7. The van der Waals surface area contributed by atoms with E-state index < -0.39 is 4.92 Å². The van der Waals surface area contributed by atoms with Gasteiger partial charge in [-0.1, -0.05) is 18.2 Å². The first-order chi connectivity index (χ1) is 13.5. The zero-order valence-corrected chi connectivity index (χ0v) is 14.4. The van der Waals surface area contributed by atoms with Gasteiger partial charge in [0.05, 0.1) is 16.3 Å². The number of nitrogens with zero attached hydrogens (tertiary/aromatic N) is 4. The van der Waals surface area contributed by atoms with E-state index in [0.29, 0.717) is 28.3 Å². The average molecular weight is 374 g/mol. The molecule has 0 unspecified atom stereocenters. The van der Waals surface area contributed by atoms with Crippen LogP contribution >= 0.6 is 0 Å². The van der Waals surface area contributed by atoms with Gasteiger partial charge in [-0.25, -0.2) is 9.67 Å². The summed E-state index contributed by atoms with van der Waals surface area (Å²) in [6, 6.07) is 17.7. The molecule has 0 amide bonds. The van der Waals surface area contributed by atoms with Crippen LogP contribution in [0.3, 0.4) is 0 Å². The zero-order valence-electron chi connectivity index (χ0n) is 14.4. The molecule has 138 valence electrons. The van der Waals surface area contributed by atoms with E-state index in [1.807, 2.05) is 6.07 Å². The van der Waals surface area contributed by atoms with Gasteiger partial charge in [0.2, 0.25) is 0 Å². The molecule has 0 saturated carbocycles. The molecule has 0 aliphatic rings. The second kappa shape index (κ2) is 6.84. The summed E-state index contributed by atoms with van der Waals surface area (Å²) in [6.45, 7) is 0. The Morgan fingerprint density at radius 2 is 1.75 bits per heavy atom. The molecule has 0 radical (unpaired) electrons. The molecule has 2 N–H and O–H groups in total. The molecule has 28 heavy (non-hydrogen) atoms. The van der Waals surface area contributed by atoms with Gasteiger partial charge in [0.15, 0.2) is 17.3 Å². The summed E-state index contributed by atoms with van der Waals surface area (Å²) in [4.78, 5) is 14.9. The number of rotatable bonds is 4. The van der Waals surface area contributed by atoms with Crippen LogP contribution in [0.5, 0.6) is 11.5 Å². The van der Waals surface area contributed by atoms with Crippen LogP contribution in [0.25, 0.3) is 28.3 Å². The summed E-state index contributed by atoms with van der Waals surface area (Å²) >= 11 is 0. The number of hydrogen-bond acceptors (Lipinski definition) is 6. The molecule has 0 bridgehead atoms. The fraction of sp³-hybridized carbons (Fsp3) is 0. The van der Waals surface area contributed by atoms with Crippen LogP contribution in [-0.4, -0.2) is 29.9 Å². The molecule has 0 spiro atoms. The first kappa shape index (κ1) is 17.2. The second-order valence-electron chi connectivity index (χ2n) is 6.03. The van der Waals surface area contributed by atoms with Gasteiger partial charge in [0.1, 0.15) is 0 Å². The lowest BCUT2D eigenvalue weighted by Crippen LogP contribution is -2.01. The molecule has 2 aromatic carbocycles. The maximum atomic E-state index is 11.1. The van der Waals surface area contributed by atoms with Gasteiger partial charge in [-0.05, 0) is 36.4 Å². The highest BCUT2D eigenvalue weighted by molar-refractivity contribution is 5.72. The van der Waals surface area contributed by atoms with Crippen molar-refractivity contribution in [2.45, 2.75) is 0 Å². The Labute approximate surface area is 159 Å². The summed E-state index contributed by atoms with van der Waals surface area (Å²) in [5, 5.41) is 35.1. The highest BCUT2D eigenvalue weighted by Crippen LogP contribution is 2.34. The molecule has 0 aliphatic carbocycles. The Hall–Kier alpha value is -4.20. The Bertz CT molecular complexity index is 1170. The number of aromatic nitrogens is 3. The van der Waals surface area contributed by atoms with Crippen LogP contribution in [0.4, 0.5) is 5.69 Å². The van der Waals surface area contributed by atoms with E-state index in [0.717, 1.165) is 0 Å². The van der Waals surface area contributed by atoms with Crippen LogP contribution in [0.15, 0.2) is 72.9 Å². The van der Waals surface area contributed by atoms with Crippen molar-refractivity contribution in [2.75, 3.05) is 0 Å². The molecular weight excluding hydrogens is 360 g/mol. The van der Waals surface area contributed by atoms with E-state index in [1.54, 1.807) is 47.3 Å². The first-order valence-corrected chi connectivity index (χ1v) is 8.31. The second-order valence-corrected chi connectivity index (χ2v) is 6.03. The minimum absolute atomic E-state index is 0.0336. The number of benzene rings is 2. The molecule has 4 rings (SSSR count). The number of hydrogen-bond donors (Lipinski definition) is 2. The number of pyridine rings is 1. The third kappa shape index (κ3) is 3.14. The highest BCUT2D eigenvalue weighted by Gasteiger charge is 2.16. The Balaban J connectivity index is 1.91. The van der Waals surface area contributed by atoms with E-state index >= 15 is 0 Å². The van der Waals surface area contributed by atoms with Crippen LogP contribution in [-0.2, 0) is 0 Å². The lowest BCUT2D eigenvalue weighted by Gasteiger charge is -2.07. The quantitative estimate of drug-likeness (QED) is 0.318. The molecule has 0 fully saturated rings. The maximum Gasteiger partial charge on any atom is 0.270 e. The summed E-state index contributed by atoms with van der Waals surface area (Å²) in [6.07, 6.45) is 1.63. The van der Waals surface area contributed by atoms with Crippen molar-refractivity contribution in [1.29, 1.82) is 0 Å². The Morgan fingerprint density at radius 3 is 2.46 bits per heavy atom. The number of phenolic OH excluding ortho intramolecular Hbond substituents is 2. The van der Waals surface area contributed by atoms with Crippen molar-refractivity contribution < 1.29 is 15.1 Å². The van der Waals surface area contributed by atoms with E-state index in [1.165, 1.54) is 24.3 Å².